The van der Waals surface area contributed by atoms with E-state index in [1.807, 2.05) is 63.4 Å². The van der Waals surface area contributed by atoms with E-state index in [1.54, 1.807) is 19.3 Å². The number of pyridine rings is 2. The molecule has 4 heterocycles. The number of carbonyl (C=O) groups excluding carboxylic acids is 1. The van der Waals surface area contributed by atoms with E-state index in [0.29, 0.717) is 36.1 Å². The van der Waals surface area contributed by atoms with Gasteiger partial charge in [0.2, 0.25) is 5.88 Å². The molecule has 1 unspecified atom stereocenters. The van der Waals surface area contributed by atoms with Gasteiger partial charge < -0.3 is 26.5 Å². The number of carbonyl (C=O) groups is 1. The number of anilines is 2. The van der Waals surface area contributed by atoms with Crippen LogP contribution in [0, 0.1) is 19.8 Å². The summed E-state index contributed by atoms with van der Waals surface area (Å²) in [5.41, 5.74) is 18.9. The predicted molar refractivity (Wildman–Crippen MR) is 157 cm³/mol. The van der Waals surface area contributed by atoms with Crippen LogP contribution >= 0.6 is 0 Å². The molecule has 10 heteroatoms. The maximum absolute atomic E-state index is 12.4. The van der Waals surface area contributed by atoms with Crippen molar-refractivity contribution in [3.8, 4) is 41.2 Å². The second kappa shape index (κ2) is 13.6. The van der Waals surface area contributed by atoms with E-state index in [1.165, 1.54) is 0 Å². The van der Waals surface area contributed by atoms with Crippen LogP contribution in [0.2, 0.25) is 0 Å². The Hall–Kier alpha value is -4.88. The first-order valence-corrected chi connectivity index (χ1v) is 12.6. The lowest BCUT2D eigenvalue weighted by molar-refractivity contribution is 0.0996. The molecule has 0 fully saturated rings. The molecule has 6 N–H and O–H groups in total. The number of primary amides is 1. The SMILES string of the molecule is C#C.CC.CNc1c(-c2c(C)ccc3c2CNN3)cc(-c2cccc(OCC3N=CC=CN3)n2)nc1C(N)=O. The van der Waals surface area contributed by atoms with E-state index in [4.69, 9.17) is 10.5 Å². The molecule has 39 heavy (non-hydrogen) atoms. The highest BCUT2D eigenvalue weighted by Gasteiger charge is 2.24. The third-order valence-corrected chi connectivity index (χ3v) is 5.89. The molecule has 0 spiro atoms. The third-order valence-electron chi connectivity index (χ3n) is 5.89. The lowest BCUT2D eigenvalue weighted by atomic mass is 9.92. The highest BCUT2D eigenvalue weighted by atomic mass is 16.5. The molecule has 2 aliphatic heterocycles. The fourth-order valence-electron chi connectivity index (χ4n) is 4.27. The first-order chi connectivity index (χ1) is 19.0. The molecule has 0 aliphatic carbocycles. The van der Waals surface area contributed by atoms with Crippen LogP contribution in [0.4, 0.5) is 11.4 Å². The molecule has 202 valence electrons. The molecule has 1 atom stereocenters. The maximum Gasteiger partial charge on any atom is 0.269 e. The van der Waals surface area contributed by atoms with Crippen LogP contribution < -0.4 is 32.0 Å². The topological polar surface area (TPSA) is 139 Å². The van der Waals surface area contributed by atoms with Gasteiger partial charge in [0.25, 0.3) is 5.91 Å². The molecule has 0 radical (unpaired) electrons. The number of benzene rings is 1. The molecular formula is C29H34N8O2. The van der Waals surface area contributed by atoms with Crippen LogP contribution in [-0.2, 0) is 6.54 Å². The van der Waals surface area contributed by atoms with E-state index in [0.717, 1.165) is 27.9 Å². The molecule has 5 rings (SSSR count). The van der Waals surface area contributed by atoms with Crippen molar-refractivity contribution in [2.45, 2.75) is 33.5 Å². The number of nitrogens with two attached hydrogens (primary N) is 1. The Morgan fingerprint density at radius 3 is 2.67 bits per heavy atom. The van der Waals surface area contributed by atoms with Gasteiger partial charge in [-0.15, -0.1) is 12.8 Å². The van der Waals surface area contributed by atoms with Gasteiger partial charge in [-0.2, -0.15) is 0 Å². The van der Waals surface area contributed by atoms with E-state index in [2.05, 4.69) is 49.3 Å². The van der Waals surface area contributed by atoms with Gasteiger partial charge in [-0.05, 0) is 48.5 Å². The van der Waals surface area contributed by atoms with Crippen molar-refractivity contribution >= 4 is 23.5 Å². The Balaban J connectivity index is 0.00000100. The lowest BCUT2D eigenvalue weighted by Crippen LogP contribution is -2.30. The largest absolute Gasteiger partial charge is 0.473 e. The standard InChI is InChI=1S/C25H26N8O2.C2H6.C2H2/c1-14-7-8-17-16(12-30-33-17)22(14)15-11-19(32-24(25(26)34)23(15)27-2)18-5-3-6-21(31-18)35-13-20-28-9-4-10-29-20;2*1-2/h3-11,20,27-28,30,33H,12-13H2,1-2H3,(H2,26,34);1-2H3;1-2H. The minimum Gasteiger partial charge on any atom is -0.473 e. The molecule has 2 aromatic heterocycles. The van der Waals surface area contributed by atoms with Crippen LogP contribution in [0.15, 0.2) is 53.7 Å². The Kier molecular flexibility index (Phi) is 10.0. The zero-order chi connectivity index (χ0) is 28.4. The number of allylic oxidation sites excluding steroid dienone is 1. The Morgan fingerprint density at radius 1 is 1.18 bits per heavy atom. The van der Waals surface area contributed by atoms with Crippen molar-refractivity contribution in [2.75, 3.05) is 24.4 Å². The van der Waals surface area contributed by atoms with Crippen LogP contribution in [0.3, 0.4) is 0 Å². The molecule has 0 saturated carbocycles. The van der Waals surface area contributed by atoms with E-state index < -0.39 is 5.91 Å². The average molecular weight is 527 g/mol. The summed E-state index contributed by atoms with van der Waals surface area (Å²) in [5.74, 6) is -0.193. The highest BCUT2D eigenvalue weighted by Crippen LogP contribution is 2.40. The third kappa shape index (κ3) is 6.34. The van der Waals surface area contributed by atoms with Gasteiger partial charge in [0.15, 0.2) is 11.9 Å². The number of hydrazine groups is 1. The maximum atomic E-state index is 12.4. The number of aliphatic imine (C=N–C) groups is 1. The Bertz CT molecular complexity index is 1400. The van der Waals surface area contributed by atoms with Crippen molar-refractivity contribution in [3.05, 3.63) is 65.5 Å². The minimum absolute atomic E-state index is 0.150. The van der Waals surface area contributed by atoms with Gasteiger partial charge in [0.05, 0.1) is 22.8 Å². The van der Waals surface area contributed by atoms with Crippen molar-refractivity contribution < 1.29 is 9.53 Å². The number of terminal acetylenes is 1. The van der Waals surface area contributed by atoms with Crippen LogP contribution in [0.1, 0.15) is 35.5 Å². The molecule has 1 aromatic carbocycles. The van der Waals surface area contributed by atoms with Gasteiger partial charge in [0.1, 0.15) is 6.61 Å². The number of nitrogens with zero attached hydrogens (tertiary/aromatic N) is 3. The summed E-state index contributed by atoms with van der Waals surface area (Å²) in [5, 5.41) is 6.24. The first-order valence-electron chi connectivity index (χ1n) is 12.6. The van der Waals surface area contributed by atoms with E-state index >= 15 is 0 Å². The second-order valence-corrected chi connectivity index (χ2v) is 8.17. The number of aromatic nitrogens is 2. The van der Waals surface area contributed by atoms with Crippen molar-refractivity contribution in [1.82, 2.24) is 20.7 Å². The molecule has 0 bridgehead atoms. The summed E-state index contributed by atoms with van der Waals surface area (Å²) in [4.78, 5) is 26.0. The van der Waals surface area contributed by atoms with Crippen molar-refractivity contribution in [3.63, 3.8) is 0 Å². The first kappa shape index (κ1) is 28.7. The van der Waals surface area contributed by atoms with Gasteiger partial charge in [-0.3, -0.25) is 9.79 Å². The van der Waals surface area contributed by atoms with Crippen LogP contribution in [-0.4, -0.2) is 41.9 Å². The monoisotopic (exact) mass is 526 g/mol. The minimum atomic E-state index is -0.624. The number of amides is 1. The smallest absolute Gasteiger partial charge is 0.269 e. The summed E-state index contributed by atoms with van der Waals surface area (Å²) in [6.07, 6.45) is 13.2. The number of hydrogen-bond donors (Lipinski definition) is 5. The number of nitrogens with one attached hydrogen (secondary N) is 4. The zero-order valence-corrected chi connectivity index (χ0v) is 22.6. The lowest BCUT2D eigenvalue weighted by Gasteiger charge is -2.19. The molecular weight excluding hydrogens is 492 g/mol. The highest BCUT2D eigenvalue weighted by molar-refractivity contribution is 6.02. The summed E-state index contributed by atoms with van der Waals surface area (Å²) < 4.78 is 5.86. The predicted octanol–water partition coefficient (Wildman–Crippen LogP) is 3.86. The summed E-state index contributed by atoms with van der Waals surface area (Å²) in [7, 11) is 1.76. The normalized spacial score (nSPS) is 14.4. The number of fused-ring (bicyclic) bond motifs is 1. The number of aryl methyl sites for hydroxylation is 1. The van der Waals surface area contributed by atoms with Crippen molar-refractivity contribution in [1.29, 1.82) is 0 Å². The van der Waals surface area contributed by atoms with Crippen molar-refractivity contribution in [2.24, 2.45) is 10.7 Å². The van der Waals surface area contributed by atoms with Gasteiger partial charge in [-0.25, -0.2) is 15.4 Å². The second-order valence-electron chi connectivity index (χ2n) is 8.17. The summed E-state index contributed by atoms with van der Waals surface area (Å²) in [6, 6.07) is 11.5. The quantitative estimate of drug-likeness (QED) is 0.293. The number of ether oxygens (including phenoxy) is 1. The zero-order valence-electron chi connectivity index (χ0n) is 22.6. The van der Waals surface area contributed by atoms with Gasteiger partial charge in [-0.1, -0.05) is 26.0 Å². The fourth-order valence-corrected chi connectivity index (χ4v) is 4.27. The summed E-state index contributed by atoms with van der Waals surface area (Å²) >= 11 is 0. The number of hydrogen-bond acceptors (Lipinski definition) is 9. The average Bonchev–Trinajstić information content (AvgIpc) is 3.47. The van der Waals surface area contributed by atoms with Crippen LogP contribution in [0.25, 0.3) is 22.5 Å². The van der Waals surface area contributed by atoms with Gasteiger partial charge >= 0.3 is 0 Å². The number of rotatable bonds is 7. The molecule has 2 aliphatic rings. The Labute approximate surface area is 229 Å². The molecule has 3 aromatic rings. The van der Waals surface area contributed by atoms with Crippen LogP contribution in [0.5, 0.6) is 5.88 Å². The van der Waals surface area contributed by atoms with E-state index in [9.17, 15) is 4.79 Å². The van der Waals surface area contributed by atoms with Gasteiger partial charge in [0, 0.05) is 37.0 Å². The Morgan fingerprint density at radius 2 is 1.97 bits per heavy atom. The van der Waals surface area contributed by atoms with E-state index in [-0.39, 0.29) is 11.9 Å². The molecule has 10 nitrogen and oxygen atoms in total. The molecule has 1 amide bonds. The summed E-state index contributed by atoms with van der Waals surface area (Å²) in [6.45, 7) is 7.01. The fraction of sp³-hybridized carbons (Fsp3) is 0.241. The molecule has 0 saturated heterocycles.